The zero-order valence-electron chi connectivity index (χ0n) is 9.93. The predicted octanol–water partition coefficient (Wildman–Crippen LogP) is 2.90. The van der Waals surface area contributed by atoms with Crippen molar-refractivity contribution in [3.63, 3.8) is 0 Å². The molecule has 3 nitrogen and oxygen atoms in total. The Hall–Kier alpha value is -1.82. The zero-order valence-corrected chi connectivity index (χ0v) is 9.93. The van der Waals surface area contributed by atoms with Gasteiger partial charge in [-0.05, 0) is 17.4 Å². The van der Waals surface area contributed by atoms with Gasteiger partial charge in [-0.3, -0.25) is 4.79 Å². The Labute approximate surface area is 103 Å². The van der Waals surface area contributed by atoms with Gasteiger partial charge in [-0.25, -0.2) is 0 Å². The maximum absolute atomic E-state index is 12.9. The van der Waals surface area contributed by atoms with Crippen LogP contribution in [0.15, 0.2) is 11.1 Å². The fourth-order valence-electron chi connectivity index (χ4n) is 2.23. The molecule has 0 aromatic carbocycles. The van der Waals surface area contributed by atoms with E-state index in [1.54, 1.807) is 13.8 Å². The van der Waals surface area contributed by atoms with Crippen molar-refractivity contribution in [2.45, 2.75) is 32.9 Å². The number of alkyl halides is 3. The SMILES string of the molecule is CC1(C)CC(=O)C(C(F)(F)F)C(=C(C#N)C#N)C1. The predicted molar refractivity (Wildman–Crippen MR) is 55.8 cm³/mol. The van der Waals surface area contributed by atoms with E-state index in [2.05, 4.69) is 0 Å². The Kier molecular flexibility index (Phi) is 3.52. The van der Waals surface area contributed by atoms with Gasteiger partial charge in [0.25, 0.3) is 0 Å². The van der Waals surface area contributed by atoms with Gasteiger partial charge in [0, 0.05) is 6.42 Å². The van der Waals surface area contributed by atoms with Crippen LogP contribution >= 0.6 is 0 Å². The van der Waals surface area contributed by atoms with E-state index in [1.165, 1.54) is 12.1 Å². The summed E-state index contributed by atoms with van der Waals surface area (Å²) in [5.74, 6) is -3.28. The van der Waals surface area contributed by atoms with Crippen molar-refractivity contribution in [1.29, 1.82) is 10.5 Å². The van der Waals surface area contributed by atoms with Gasteiger partial charge in [-0.2, -0.15) is 23.7 Å². The molecule has 6 heteroatoms. The minimum Gasteiger partial charge on any atom is -0.299 e. The standard InChI is InChI=1S/C12H11F3N2O/c1-11(2)3-8(7(5-16)6-17)10(9(18)4-11)12(13,14)15/h10H,3-4H2,1-2H3. The quantitative estimate of drug-likeness (QED) is 0.626. The van der Waals surface area contributed by atoms with E-state index < -0.39 is 34.4 Å². The molecule has 1 unspecified atom stereocenters. The third-order valence-electron chi connectivity index (χ3n) is 2.86. The fourth-order valence-corrected chi connectivity index (χ4v) is 2.23. The molecule has 1 fully saturated rings. The molecule has 18 heavy (non-hydrogen) atoms. The van der Waals surface area contributed by atoms with Gasteiger partial charge < -0.3 is 0 Å². The Morgan fingerprint density at radius 2 is 1.78 bits per heavy atom. The summed E-state index contributed by atoms with van der Waals surface area (Å²) in [4.78, 5) is 11.6. The van der Waals surface area contributed by atoms with E-state index in [-0.39, 0.29) is 12.8 Å². The molecule has 0 N–H and O–H groups in total. The summed E-state index contributed by atoms with van der Waals surface area (Å²) in [6, 6.07) is 2.90. The first kappa shape index (κ1) is 14.2. The molecule has 0 heterocycles. The average Bonchev–Trinajstić information content (AvgIpc) is 2.14. The first-order valence-electron chi connectivity index (χ1n) is 5.25. The van der Waals surface area contributed by atoms with Crippen molar-refractivity contribution in [3.05, 3.63) is 11.1 Å². The van der Waals surface area contributed by atoms with Crippen molar-refractivity contribution in [1.82, 2.24) is 0 Å². The van der Waals surface area contributed by atoms with Crippen LogP contribution in [0, 0.1) is 34.0 Å². The summed E-state index contributed by atoms with van der Waals surface area (Å²) >= 11 is 0. The molecule has 0 saturated heterocycles. The molecule has 0 bridgehead atoms. The van der Waals surface area contributed by atoms with Crippen molar-refractivity contribution in [2.24, 2.45) is 11.3 Å². The minimum absolute atomic E-state index is 0.0701. The third kappa shape index (κ3) is 2.70. The summed E-state index contributed by atoms with van der Waals surface area (Å²) < 4.78 is 38.6. The highest BCUT2D eigenvalue weighted by Gasteiger charge is 2.52. The first-order valence-corrected chi connectivity index (χ1v) is 5.25. The molecule has 1 aliphatic carbocycles. The molecule has 0 radical (unpaired) electrons. The van der Waals surface area contributed by atoms with Crippen LogP contribution in [0.5, 0.6) is 0 Å². The van der Waals surface area contributed by atoms with Gasteiger partial charge in [0.15, 0.2) is 0 Å². The van der Waals surface area contributed by atoms with Crippen LogP contribution in [0.25, 0.3) is 0 Å². The second kappa shape index (κ2) is 4.45. The number of allylic oxidation sites excluding steroid dienone is 2. The highest BCUT2D eigenvalue weighted by atomic mass is 19.4. The smallest absolute Gasteiger partial charge is 0.299 e. The van der Waals surface area contributed by atoms with Crippen LogP contribution in [0.3, 0.4) is 0 Å². The van der Waals surface area contributed by atoms with Crippen molar-refractivity contribution < 1.29 is 18.0 Å². The van der Waals surface area contributed by atoms with Crippen LogP contribution in [-0.2, 0) is 4.79 Å². The van der Waals surface area contributed by atoms with E-state index >= 15 is 0 Å². The third-order valence-corrected chi connectivity index (χ3v) is 2.86. The Morgan fingerprint density at radius 3 is 2.17 bits per heavy atom. The minimum atomic E-state index is -4.75. The summed E-state index contributed by atoms with van der Waals surface area (Å²) in [6.07, 6.45) is -5.02. The maximum atomic E-state index is 12.9. The number of Topliss-reactive ketones (excluding diaryl/α,β-unsaturated/α-hetero) is 1. The highest BCUT2D eigenvalue weighted by molar-refractivity contribution is 5.87. The molecule has 1 atom stereocenters. The number of nitriles is 2. The Balaban J connectivity index is 3.41. The van der Waals surface area contributed by atoms with Crippen molar-refractivity contribution >= 4 is 5.78 Å². The van der Waals surface area contributed by atoms with Crippen LogP contribution < -0.4 is 0 Å². The maximum Gasteiger partial charge on any atom is 0.402 e. The van der Waals surface area contributed by atoms with Gasteiger partial charge in [-0.1, -0.05) is 13.8 Å². The van der Waals surface area contributed by atoms with Crippen molar-refractivity contribution in [3.8, 4) is 12.1 Å². The molecule has 0 aliphatic heterocycles. The lowest BCUT2D eigenvalue weighted by molar-refractivity contribution is -0.178. The summed E-state index contributed by atoms with van der Waals surface area (Å²) in [6.45, 7) is 3.29. The lowest BCUT2D eigenvalue weighted by Gasteiger charge is -2.36. The number of hydrogen-bond acceptors (Lipinski definition) is 3. The largest absolute Gasteiger partial charge is 0.402 e. The zero-order chi connectivity index (χ0) is 14.1. The van der Waals surface area contributed by atoms with E-state index in [4.69, 9.17) is 10.5 Å². The molecule has 1 rings (SSSR count). The Morgan fingerprint density at radius 1 is 1.28 bits per heavy atom. The molecule has 0 spiro atoms. The van der Waals surface area contributed by atoms with Gasteiger partial charge in [0.1, 0.15) is 29.4 Å². The Bertz CT molecular complexity index is 473. The summed E-state index contributed by atoms with van der Waals surface area (Å²) in [5.41, 5.74) is -1.65. The van der Waals surface area contributed by atoms with Crippen LogP contribution in [0.1, 0.15) is 26.7 Å². The van der Waals surface area contributed by atoms with Crippen LogP contribution in [0.4, 0.5) is 13.2 Å². The van der Waals surface area contributed by atoms with Gasteiger partial charge in [-0.15, -0.1) is 0 Å². The van der Waals surface area contributed by atoms with E-state index in [1.807, 2.05) is 0 Å². The lowest BCUT2D eigenvalue weighted by atomic mass is 9.68. The molecule has 0 aromatic rings. The van der Waals surface area contributed by atoms with Crippen LogP contribution in [0.2, 0.25) is 0 Å². The molecule has 96 valence electrons. The second-order valence-electron chi connectivity index (χ2n) is 5.08. The normalized spacial score (nSPS) is 23.2. The monoisotopic (exact) mass is 256 g/mol. The van der Waals surface area contributed by atoms with Gasteiger partial charge in [0.05, 0.1) is 0 Å². The first-order chi connectivity index (χ1) is 8.12. The number of halogens is 3. The summed E-state index contributed by atoms with van der Waals surface area (Å²) in [7, 11) is 0. The van der Waals surface area contributed by atoms with Gasteiger partial charge in [0.2, 0.25) is 0 Å². The van der Waals surface area contributed by atoms with E-state index in [9.17, 15) is 18.0 Å². The molecule has 1 saturated carbocycles. The fraction of sp³-hybridized carbons (Fsp3) is 0.583. The number of ketones is 1. The molecule has 0 aromatic heterocycles. The molecular formula is C12H11F3N2O. The average molecular weight is 256 g/mol. The summed E-state index contributed by atoms with van der Waals surface area (Å²) in [5, 5.41) is 17.4. The molecule has 0 amide bonds. The van der Waals surface area contributed by atoms with E-state index in [0.29, 0.717) is 0 Å². The molecule has 1 aliphatic rings. The number of rotatable bonds is 0. The number of carbonyl (C=O) groups excluding carboxylic acids is 1. The molecular weight excluding hydrogens is 245 g/mol. The topological polar surface area (TPSA) is 64.7 Å². The highest BCUT2D eigenvalue weighted by Crippen LogP contribution is 2.46. The lowest BCUT2D eigenvalue weighted by Crippen LogP contribution is -2.40. The van der Waals surface area contributed by atoms with Gasteiger partial charge >= 0.3 is 6.18 Å². The number of nitrogens with zero attached hydrogens (tertiary/aromatic N) is 2. The number of hydrogen-bond donors (Lipinski definition) is 0. The van der Waals surface area contributed by atoms with Crippen LogP contribution in [-0.4, -0.2) is 12.0 Å². The van der Waals surface area contributed by atoms with Crippen molar-refractivity contribution in [2.75, 3.05) is 0 Å². The second-order valence-corrected chi connectivity index (χ2v) is 5.08. The van der Waals surface area contributed by atoms with E-state index in [0.717, 1.165) is 0 Å². The number of carbonyl (C=O) groups is 1.